The normalized spacial score (nSPS) is 26.2. The number of carboxylic acid groups (broad SMARTS) is 1. The molecule has 6 atom stereocenters. The lowest BCUT2D eigenvalue weighted by molar-refractivity contribution is -0.271. The first-order valence-corrected chi connectivity index (χ1v) is 13.2. The van der Waals surface area contributed by atoms with E-state index < -0.39 is 59.8 Å². The number of amides is 1. The molecule has 1 aromatic heterocycles. The van der Waals surface area contributed by atoms with Crippen molar-refractivity contribution in [2.75, 3.05) is 6.54 Å². The van der Waals surface area contributed by atoms with Crippen LogP contribution >= 0.6 is 0 Å². The lowest BCUT2D eigenvalue weighted by Gasteiger charge is -2.42. The van der Waals surface area contributed by atoms with E-state index >= 15 is 0 Å². The number of hydrogen-bond acceptors (Lipinski definition) is 9. The second-order valence-corrected chi connectivity index (χ2v) is 10.4. The number of aromatic nitrogens is 2. The molecular formula is C29H31N3O9. The van der Waals surface area contributed by atoms with Crippen molar-refractivity contribution >= 4 is 11.9 Å². The first-order chi connectivity index (χ1) is 19.6. The molecule has 2 aromatic carbocycles. The molecule has 0 radical (unpaired) electrons. The number of ether oxygens (including phenoxy) is 2. The highest BCUT2D eigenvalue weighted by Crippen LogP contribution is 2.40. The van der Waals surface area contributed by atoms with Crippen molar-refractivity contribution in [1.82, 2.24) is 14.7 Å². The van der Waals surface area contributed by atoms with Gasteiger partial charge in [0.15, 0.2) is 11.8 Å². The van der Waals surface area contributed by atoms with Crippen molar-refractivity contribution in [3.63, 3.8) is 0 Å². The summed E-state index contributed by atoms with van der Waals surface area (Å²) in [6.45, 7) is 3.92. The van der Waals surface area contributed by atoms with Gasteiger partial charge in [0.05, 0.1) is 12.2 Å². The maximum Gasteiger partial charge on any atom is 0.335 e. The molecule has 0 spiro atoms. The third-order valence-electron chi connectivity index (χ3n) is 7.50. The average Bonchev–Trinajstić information content (AvgIpc) is 2.96. The zero-order valence-electron chi connectivity index (χ0n) is 22.3. The van der Waals surface area contributed by atoms with Gasteiger partial charge in [0.25, 0.3) is 5.91 Å². The quantitative estimate of drug-likeness (QED) is 0.320. The molecule has 2 aliphatic heterocycles. The standard InChI is InChI=1S/C29H31N3O9/c1-15(2)31-14-18(20(16-9-5-3-6-10-16)17-11-7-4-8-12-17)32-21(27(31)37)25(19(33)13-30-32)40-29-24(36)22(34)23(35)26(41-29)28(38)39/h3-13,15,18,20,22-24,26,29,34-36H,14H2,1-2H3,(H,38,39). The number of aliphatic hydroxyl groups is 3. The molecule has 3 heterocycles. The predicted octanol–water partition coefficient (Wildman–Crippen LogP) is 0.752. The summed E-state index contributed by atoms with van der Waals surface area (Å²) in [5.41, 5.74) is 0.877. The number of hydrogen-bond donors (Lipinski definition) is 4. The second kappa shape index (κ2) is 11.4. The van der Waals surface area contributed by atoms with Crippen molar-refractivity contribution in [1.29, 1.82) is 0 Å². The molecule has 41 heavy (non-hydrogen) atoms. The predicted molar refractivity (Wildman–Crippen MR) is 143 cm³/mol. The largest absolute Gasteiger partial charge is 0.479 e. The summed E-state index contributed by atoms with van der Waals surface area (Å²) >= 11 is 0. The number of fused-ring (bicyclic) bond motifs is 1. The molecule has 0 saturated carbocycles. The number of carbonyl (C=O) groups excluding carboxylic acids is 1. The number of aliphatic hydroxyl groups excluding tert-OH is 3. The van der Waals surface area contributed by atoms with Crippen LogP contribution in [0.2, 0.25) is 0 Å². The Labute approximate surface area is 235 Å². The van der Waals surface area contributed by atoms with Gasteiger partial charge in [0.2, 0.25) is 17.5 Å². The van der Waals surface area contributed by atoms with Crippen LogP contribution in [0.15, 0.2) is 71.7 Å². The highest BCUT2D eigenvalue weighted by molar-refractivity contribution is 5.96. The van der Waals surface area contributed by atoms with E-state index in [1.807, 2.05) is 74.5 Å². The van der Waals surface area contributed by atoms with E-state index in [-0.39, 0.29) is 24.2 Å². The Hall–Kier alpha value is -4.10. The molecule has 6 unspecified atom stereocenters. The topological polar surface area (TPSA) is 172 Å². The van der Waals surface area contributed by atoms with Gasteiger partial charge in [0.1, 0.15) is 18.3 Å². The van der Waals surface area contributed by atoms with Crippen LogP contribution in [0.5, 0.6) is 5.75 Å². The molecule has 2 aliphatic rings. The fraction of sp³-hybridized carbons (Fsp3) is 0.379. The number of rotatable bonds is 7. The molecule has 216 valence electrons. The molecule has 1 amide bonds. The zero-order valence-corrected chi connectivity index (χ0v) is 22.3. The van der Waals surface area contributed by atoms with E-state index in [1.54, 1.807) is 4.90 Å². The maximum atomic E-state index is 13.8. The molecular weight excluding hydrogens is 534 g/mol. The van der Waals surface area contributed by atoms with E-state index in [2.05, 4.69) is 5.10 Å². The highest BCUT2D eigenvalue weighted by atomic mass is 16.7. The van der Waals surface area contributed by atoms with Gasteiger partial charge >= 0.3 is 5.97 Å². The van der Waals surface area contributed by atoms with Gasteiger partial charge in [0, 0.05) is 18.5 Å². The van der Waals surface area contributed by atoms with Gasteiger partial charge in [-0.2, -0.15) is 5.10 Å². The third kappa shape index (κ3) is 5.22. The van der Waals surface area contributed by atoms with Gasteiger partial charge in [-0.1, -0.05) is 60.7 Å². The molecule has 5 rings (SSSR count). The van der Waals surface area contributed by atoms with Crippen LogP contribution in [-0.2, 0) is 9.53 Å². The van der Waals surface area contributed by atoms with Crippen molar-refractivity contribution in [3.05, 3.63) is 93.9 Å². The molecule has 0 bridgehead atoms. The van der Waals surface area contributed by atoms with Gasteiger partial charge in [-0.15, -0.1) is 0 Å². The third-order valence-corrected chi connectivity index (χ3v) is 7.50. The SMILES string of the molecule is CC(C)N1CC(C(c2ccccc2)c2ccccc2)n2ncc(=O)c(OC3OC(C(=O)O)C(O)C(O)C3O)c2C1=O. The molecule has 12 nitrogen and oxygen atoms in total. The van der Waals surface area contributed by atoms with Crippen LogP contribution in [0.25, 0.3) is 0 Å². The van der Waals surface area contributed by atoms with Crippen LogP contribution in [0, 0.1) is 0 Å². The lowest BCUT2D eigenvalue weighted by Crippen LogP contribution is -2.61. The zero-order chi connectivity index (χ0) is 29.4. The van der Waals surface area contributed by atoms with Crippen LogP contribution in [-0.4, -0.2) is 90.3 Å². The summed E-state index contributed by atoms with van der Waals surface area (Å²) in [4.78, 5) is 40.2. The maximum absolute atomic E-state index is 13.8. The Morgan fingerprint density at radius 2 is 1.54 bits per heavy atom. The van der Waals surface area contributed by atoms with E-state index in [9.17, 15) is 34.8 Å². The molecule has 1 saturated heterocycles. The number of benzene rings is 2. The monoisotopic (exact) mass is 565 g/mol. The van der Waals surface area contributed by atoms with Crippen LogP contribution in [0.3, 0.4) is 0 Å². The molecule has 0 aliphatic carbocycles. The first-order valence-electron chi connectivity index (χ1n) is 13.2. The Morgan fingerprint density at radius 3 is 2.07 bits per heavy atom. The minimum atomic E-state index is -1.95. The van der Waals surface area contributed by atoms with Crippen molar-refractivity contribution in [2.24, 2.45) is 0 Å². The molecule has 4 N–H and O–H groups in total. The number of aliphatic carboxylic acids is 1. The van der Waals surface area contributed by atoms with Crippen LogP contribution in [0.4, 0.5) is 0 Å². The Bertz CT molecular complexity index is 1420. The second-order valence-electron chi connectivity index (χ2n) is 10.4. The number of carboxylic acids is 1. The number of carbonyl (C=O) groups is 2. The Balaban J connectivity index is 1.65. The Morgan fingerprint density at radius 1 is 0.951 bits per heavy atom. The van der Waals surface area contributed by atoms with Gasteiger partial charge in [-0.25, -0.2) is 4.79 Å². The highest BCUT2D eigenvalue weighted by Gasteiger charge is 2.49. The summed E-state index contributed by atoms with van der Waals surface area (Å²) in [6.07, 6.45) is -8.68. The molecule has 12 heteroatoms. The fourth-order valence-electron chi connectivity index (χ4n) is 5.42. The minimum Gasteiger partial charge on any atom is -0.479 e. The summed E-state index contributed by atoms with van der Waals surface area (Å²) in [5.74, 6) is -2.99. The van der Waals surface area contributed by atoms with Crippen molar-refractivity contribution < 1.29 is 39.5 Å². The summed E-state index contributed by atoms with van der Waals surface area (Å²) in [6, 6.07) is 18.5. The van der Waals surface area contributed by atoms with E-state index in [1.165, 1.54) is 4.68 Å². The molecule has 3 aromatic rings. The van der Waals surface area contributed by atoms with Gasteiger partial charge < -0.3 is 34.8 Å². The van der Waals surface area contributed by atoms with Crippen molar-refractivity contribution in [3.8, 4) is 5.75 Å². The van der Waals surface area contributed by atoms with Gasteiger partial charge in [-0.05, 0) is 25.0 Å². The summed E-state index contributed by atoms with van der Waals surface area (Å²) in [7, 11) is 0. The van der Waals surface area contributed by atoms with Crippen LogP contribution in [0.1, 0.15) is 47.4 Å². The van der Waals surface area contributed by atoms with E-state index in [0.29, 0.717) is 0 Å². The number of nitrogens with zero attached hydrogens (tertiary/aromatic N) is 3. The first kappa shape index (κ1) is 28.4. The summed E-state index contributed by atoms with van der Waals surface area (Å²) in [5, 5.41) is 44.6. The Kier molecular flexibility index (Phi) is 7.91. The summed E-state index contributed by atoms with van der Waals surface area (Å²) < 4.78 is 12.4. The lowest BCUT2D eigenvalue weighted by atomic mass is 9.83. The van der Waals surface area contributed by atoms with Crippen molar-refractivity contribution in [2.45, 2.75) is 62.6 Å². The van der Waals surface area contributed by atoms with Crippen LogP contribution < -0.4 is 10.2 Å². The molecule has 1 fully saturated rings. The smallest absolute Gasteiger partial charge is 0.335 e. The fourth-order valence-corrected chi connectivity index (χ4v) is 5.42. The van der Waals surface area contributed by atoms with E-state index in [4.69, 9.17) is 9.47 Å². The van der Waals surface area contributed by atoms with Gasteiger partial charge in [-0.3, -0.25) is 14.3 Å². The minimum absolute atomic E-state index is 0.206. The average molecular weight is 566 g/mol. The van der Waals surface area contributed by atoms with E-state index in [0.717, 1.165) is 17.3 Å².